The second-order valence-electron chi connectivity index (χ2n) is 4.03. The maximum Gasteiger partial charge on any atom is 0.344 e. The number of aromatic nitrogens is 1. The number of ether oxygens (including phenoxy) is 2. The summed E-state index contributed by atoms with van der Waals surface area (Å²) in [7, 11) is 1.53. The van der Waals surface area contributed by atoms with Crippen molar-refractivity contribution >= 4 is 17.6 Å². The molecule has 0 amide bonds. The van der Waals surface area contributed by atoms with Crippen LogP contribution in [0, 0.1) is 6.92 Å². The Hall–Kier alpha value is -2.01. The van der Waals surface area contributed by atoms with Gasteiger partial charge in [0.15, 0.2) is 0 Å². The number of rotatable bonds is 4. The van der Waals surface area contributed by atoms with Crippen LogP contribution in [-0.4, -0.2) is 24.8 Å². The number of esters is 1. The van der Waals surface area contributed by atoms with Crippen molar-refractivity contribution in [1.82, 2.24) is 5.16 Å². The number of hydrogen-bond donors (Lipinski definition) is 0. The fraction of sp³-hybridized carbons (Fsp3) is 0.286. The van der Waals surface area contributed by atoms with Crippen LogP contribution in [0.1, 0.15) is 23.0 Å². The average molecular weight is 296 g/mol. The predicted molar refractivity (Wildman–Crippen MR) is 74.2 cm³/mol. The molecule has 0 aliphatic carbocycles. The van der Waals surface area contributed by atoms with E-state index in [9.17, 15) is 4.79 Å². The van der Waals surface area contributed by atoms with Crippen LogP contribution < -0.4 is 4.74 Å². The van der Waals surface area contributed by atoms with Gasteiger partial charge in [-0.3, -0.25) is 0 Å². The minimum absolute atomic E-state index is 0.273. The molecule has 1 aromatic heterocycles. The smallest absolute Gasteiger partial charge is 0.344 e. The van der Waals surface area contributed by atoms with Crippen molar-refractivity contribution in [2.45, 2.75) is 13.8 Å². The molecule has 0 radical (unpaired) electrons. The number of carbonyl (C=O) groups excluding carboxylic acids is 1. The second-order valence-corrected chi connectivity index (χ2v) is 4.46. The van der Waals surface area contributed by atoms with Crippen LogP contribution in [0.15, 0.2) is 22.7 Å². The lowest BCUT2D eigenvalue weighted by molar-refractivity contribution is 0.0525. The molecule has 0 aliphatic heterocycles. The zero-order valence-corrected chi connectivity index (χ0v) is 12.2. The van der Waals surface area contributed by atoms with Crippen molar-refractivity contribution in [3.63, 3.8) is 0 Å². The van der Waals surface area contributed by atoms with Gasteiger partial charge in [0, 0.05) is 10.6 Å². The summed E-state index contributed by atoms with van der Waals surface area (Å²) in [5.41, 5.74) is 1.23. The molecule has 0 saturated heterocycles. The van der Waals surface area contributed by atoms with Gasteiger partial charge in [-0.15, -0.1) is 0 Å². The van der Waals surface area contributed by atoms with Crippen LogP contribution in [0.4, 0.5) is 0 Å². The molecule has 0 N–H and O–H groups in total. The van der Waals surface area contributed by atoms with Gasteiger partial charge in [-0.1, -0.05) is 16.8 Å². The van der Waals surface area contributed by atoms with Crippen LogP contribution in [-0.2, 0) is 4.74 Å². The summed E-state index contributed by atoms with van der Waals surface area (Å²) in [5, 5.41) is 4.43. The fourth-order valence-electron chi connectivity index (χ4n) is 1.86. The first-order valence-electron chi connectivity index (χ1n) is 6.05. The highest BCUT2D eigenvalue weighted by atomic mass is 35.5. The van der Waals surface area contributed by atoms with Crippen molar-refractivity contribution in [3.05, 3.63) is 34.5 Å². The second kappa shape index (κ2) is 5.96. The Balaban J connectivity index is 2.59. The van der Waals surface area contributed by atoms with Crippen LogP contribution in [0.25, 0.3) is 11.3 Å². The highest BCUT2D eigenvalue weighted by Crippen LogP contribution is 2.35. The molecule has 2 rings (SSSR count). The van der Waals surface area contributed by atoms with Gasteiger partial charge in [0.2, 0.25) is 0 Å². The monoisotopic (exact) mass is 295 g/mol. The first-order chi connectivity index (χ1) is 9.58. The molecule has 0 bridgehead atoms. The van der Waals surface area contributed by atoms with Crippen molar-refractivity contribution in [2.24, 2.45) is 0 Å². The van der Waals surface area contributed by atoms with E-state index in [2.05, 4.69) is 5.16 Å². The highest BCUT2D eigenvalue weighted by Gasteiger charge is 2.24. The lowest BCUT2D eigenvalue weighted by Crippen LogP contribution is -2.07. The molecule has 0 aliphatic rings. The topological polar surface area (TPSA) is 61.6 Å². The van der Waals surface area contributed by atoms with E-state index in [4.69, 9.17) is 25.6 Å². The molecule has 0 atom stereocenters. The molecule has 6 heteroatoms. The molecule has 1 heterocycles. The third-order valence-corrected chi connectivity index (χ3v) is 2.99. The molecule has 0 unspecified atom stereocenters. The molecule has 0 spiro atoms. The number of hydrogen-bond acceptors (Lipinski definition) is 5. The van der Waals surface area contributed by atoms with Gasteiger partial charge in [0.25, 0.3) is 0 Å². The van der Waals surface area contributed by atoms with E-state index < -0.39 is 5.97 Å². The predicted octanol–water partition coefficient (Wildman–Crippen LogP) is 3.49. The standard InChI is InChI=1S/C14H14ClNO4/c1-4-19-14(17)12-8(2)20-16-13(12)10-7-9(15)5-6-11(10)18-3/h5-7H,4H2,1-3H3. The lowest BCUT2D eigenvalue weighted by atomic mass is 10.1. The van der Waals surface area contributed by atoms with Crippen LogP contribution in [0.2, 0.25) is 5.02 Å². The molecular formula is C14H14ClNO4. The summed E-state index contributed by atoms with van der Waals surface area (Å²) in [6.07, 6.45) is 0. The van der Waals surface area contributed by atoms with Crippen LogP contribution >= 0.6 is 11.6 Å². The maximum absolute atomic E-state index is 12.0. The Bertz CT molecular complexity index is 636. The number of methoxy groups -OCH3 is 1. The molecule has 20 heavy (non-hydrogen) atoms. The van der Waals surface area contributed by atoms with E-state index in [1.165, 1.54) is 7.11 Å². The molecule has 2 aromatic rings. The zero-order valence-electron chi connectivity index (χ0n) is 11.4. The minimum Gasteiger partial charge on any atom is -0.496 e. The third-order valence-electron chi connectivity index (χ3n) is 2.76. The minimum atomic E-state index is -0.483. The Kier molecular flexibility index (Phi) is 4.29. The SMILES string of the molecule is CCOC(=O)c1c(-c2cc(Cl)ccc2OC)noc1C. The summed E-state index contributed by atoms with van der Waals surface area (Å²) in [6, 6.07) is 5.07. The Morgan fingerprint density at radius 2 is 2.20 bits per heavy atom. The summed E-state index contributed by atoms with van der Waals surface area (Å²) >= 11 is 5.99. The largest absolute Gasteiger partial charge is 0.496 e. The molecular weight excluding hydrogens is 282 g/mol. The van der Waals surface area contributed by atoms with Gasteiger partial charge in [0.1, 0.15) is 22.8 Å². The fourth-order valence-corrected chi connectivity index (χ4v) is 2.04. The maximum atomic E-state index is 12.0. The van der Waals surface area contributed by atoms with Gasteiger partial charge < -0.3 is 14.0 Å². The highest BCUT2D eigenvalue weighted by molar-refractivity contribution is 6.31. The van der Waals surface area contributed by atoms with Crippen LogP contribution in [0.3, 0.4) is 0 Å². The average Bonchev–Trinajstić information content (AvgIpc) is 2.80. The number of halogens is 1. The number of benzene rings is 1. The van der Waals surface area contributed by atoms with Gasteiger partial charge in [-0.05, 0) is 32.0 Å². The van der Waals surface area contributed by atoms with Crippen LogP contribution in [0.5, 0.6) is 5.75 Å². The quantitative estimate of drug-likeness (QED) is 0.808. The summed E-state index contributed by atoms with van der Waals surface area (Å²) < 4.78 is 15.4. The number of aryl methyl sites for hydroxylation is 1. The third kappa shape index (κ3) is 2.63. The van der Waals surface area contributed by atoms with E-state index >= 15 is 0 Å². The van der Waals surface area contributed by atoms with E-state index in [0.717, 1.165) is 0 Å². The first-order valence-corrected chi connectivity index (χ1v) is 6.43. The number of carbonyl (C=O) groups is 1. The molecule has 0 saturated carbocycles. The summed E-state index contributed by atoms with van der Waals surface area (Å²) in [6.45, 7) is 3.66. The lowest BCUT2D eigenvalue weighted by Gasteiger charge is -2.08. The summed E-state index contributed by atoms with van der Waals surface area (Å²) in [5.74, 6) is 0.456. The molecule has 1 aromatic carbocycles. The van der Waals surface area contributed by atoms with Gasteiger partial charge in [-0.2, -0.15) is 0 Å². The van der Waals surface area contributed by atoms with Gasteiger partial charge >= 0.3 is 5.97 Å². The van der Waals surface area contributed by atoms with E-state index in [0.29, 0.717) is 27.8 Å². The molecule has 0 fully saturated rings. The Morgan fingerprint density at radius 3 is 2.85 bits per heavy atom. The van der Waals surface area contributed by atoms with Gasteiger partial charge in [0.05, 0.1) is 13.7 Å². The normalized spacial score (nSPS) is 10.4. The van der Waals surface area contributed by atoms with E-state index in [-0.39, 0.29) is 12.2 Å². The van der Waals surface area contributed by atoms with Gasteiger partial charge in [-0.25, -0.2) is 4.79 Å². The van der Waals surface area contributed by atoms with Crippen molar-refractivity contribution in [1.29, 1.82) is 0 Å². The van der Waals surface area contributed by atoms with Crippen molar-refractivity contribution in [3.8, 4) is 17.0 Å². The Morgan fingerprint density at radius 1 is 1.45 bits per heavy atom. The van der Waals surface area contributed by atoms with Crippen molar-refractivity contribution < 1.29 is 18.8 Å². The Labute approximate surface area is 121 Å². The molecule has 5 nitrogen and oxygen atoms in total. The van der Waals surface area contributed by atoms with E-state index in [1.807, 2.05) is 0 Å². The van der Waals surface area contributed by atoms with Crippen molar-refractivity contribution in [2.75, 3.05) is 13.7 Å². The zero-order chi connectivity index (χ0) is 14.7. The molecule has 106 valence electrons. The summed E-state index contributed by atoms with van der Waals surface area (Å²) in [4.78, 5) is 12.0. The first kappa shape index (κ1) is 14.4. The van der Waals surface area contributed by atoms with E-state index in [1.54, 1.807) is 32.0 Å². The number of nitrogens with zero attached hydrogens (tertiary/aromatic N) is 1.